The van der Waals surface area contributed by atoms with Crippen molar-refractivity contribution in [3.05, 3.63) is 59.5 Å². The van der Waals surface area contributed by atoms with Gasteiger partial charge in [0.05, 0.1) is 22.3 Å². The van der Waals surface area contributed by atoms with Crippen LogP contribution in [0.15, 0.2) is 48.8 Å². The zero-order valence-corrected chi connectivity index (χ0v) is 14.6. The van der Waals surface area contributed by atoms with E-state index in [0.29, 0.717) is 28.3 Å². The Morgan fingerprint density at radius 3 is 2.58 bits per heavy atom. The summed E-state index contributed by atoms with van der Waals surface area (Å²) in [6.45, 7) is 1.74. The zero-order chi connectivity index (χ0) is 18.5. The summed E-state index contributed by atoms with van der Waals surface area (Å²) >= 11 is 5.76. The van der Waals surface area contributed by atoms with Crippen molar-refractivity contribution in [1.29, 1.82) is 0 Å². The second kappa shape index (κ2) is 7.88. The lowest BCUT2D eigenvalue weighted by molar-refractivity contribution is -0.124. The van der Waals surface area contributed by atoms with E-state index in [1.807, 2.05) is 6.07 Å². The maximum absolute atomic E-state index is 12.3. The number of anilines is 1. The second-order valence-electron chi connectivity index (χ2n) is 5.40. The number of hydrogen-bond donors (Lipinski definition) is 1. The first kappa shape index (κ1) is 17.8. The van der Waals surface area contributed by atoms with Gasteiger partial charge in [0, 0.05) is 6.20 Å². The fourth-order valence-electron chi connectivity index (χ4n) is 2.22. The molecule has 0 fully saturated rings. The van der Waals surface area contributed by atoms with Crippen LogP contribution >= 0.6 is 11.6 Å². The normalized spacial score (nSPS) is 11.8. The van der Waals surface area contributed by atoms with Gasteiger partial charge in [-0.3, -0.25) is 9.78 Å². The van der Waals surface area contributed by atoms with Crippen LogP contribution in [0.3, 0.4) is 0 Å². The highest BCUT2D eigenvalue weighted by atomic mass is 35.5. The predicted molar refractivity (Wildman–Crippen MR) is 96.9 cm³/mol. The molecule has 2 heterocycles. The van der Waals surface area contributed by atoms with E-state index >= 15 is 0 Å². The number of halogens is 1. The summed E-state index contributed by atoms with van der Waals surface area (Å²) in [7, 11) is 0. The number of carbonyl (C=O) groups is 2. The number of ether oxygens (including phenoxy) is 1. The third-order valence-electron chi connectivity index (χ3n) is 3.55. The van der Waals surface area contributed by atoms with Gasteiger partial charge in [-0.1, -0.05) is 30.7 Å². The van der Waals surface area contributed by atoms with Crippen LogP contribution in [0.4, 0.5) is 5.82 Å². The van der Waals surface area contributed by atoms with Gasteiger partial charge in [-0.2, -0.15) is 0 Å². The molecule has 3 aromatic rings. The number of aromatic nitrogens is 3. The molecule has 7 nitrogen and oxygen atoms in total. The first-order valence-corrected chi connectivity index (χ1v) is 8.30. The van der Waals surface area contributed by atoms with Crippen LogP contribution in [0.5, 0.6) is 0 Å². The summed E-state index contributed by atoms with van der Waals surface area (Å²) in [5, 5.41) is 3.04. The van der Waals surface area contributed by atoms with Gasteiger partial charge >= 0.3 is 5.97 Å². The molecule has 1 unspecified atom stereocenters. The van der Waals surface area contributed by atoms with E-state index in [1.165, 1.54) is 12.4 Å². The van der Waals surface area contributed by atoms with E-state index in [4.69, 9.17) is 16.3 Å². The number of nitrogens with one attached hydrogen (secondary N) is 1. The third kappa shape index (κ3) is 4.12. The molecule has 0 bridgehead atoms. The van der Waals surface area contributed by atoms with Crippen LogP contribution in [-0.2, 0) is 9.53 Å². The molecule has 0 aliphatic carbocycles. The van der Waals surface area contributed by atoms with Gasteiger partial charge in [0.15, 0.2) is 11.8 Å². The number of hydrogen-bond acceptors (Lipinski definition) is 6. The fourth-order valence-corrected chi connectivity index (χ4v) is 2.34. The van der Waals surface area contributed by atoms with Crippen molar-refractivity contribution in [2.24, 2.45) is 0 Å². The van der Waals surface area contributed by atoms with Crippen LogP contribution in [-0.4, -0.2) is 32.9 Å². The molecular formula is C18H15ClN4O3. The van der Waals surface area contributed by atoms with Crippen molar-refractivity contribution < 1.29 is 14.3 Å². The Balaban J connectivity index is 1.70. The Hall–Kier alpha value is -3.06. The Morgan fingerprint density at radius 1 is 1.12 bits per heavy atom. The van der Waals surface area contributed by atoms with Gasteiger partial charge in [0.2, 0.25) is 0 Å². The Kier molecular flexibility index (Phi) is 5.38. The second-order valence-corrected chi connectivity index (χ2v) is 5.83. The number of rotatable bonds is 5. The number of nitrogens with zero attached hydrogens (tertiary/aromatic N) is 3. The van der Waals surface area contributed by atoms with Crippen LogP contribution in [0.1, 0.15) is 23.8 Å². The first-order valence-electron chi connectivity index (χ1n) is 7.92. The topological polar surface area (TPSA) is 94.1 Å². The van der Waals surface area contributed by atoms with Crippen LogP contribution in [0.25, 0.3) is 11.0 Å². The molecule has 26 heavy (non-hydrogen) atoms. The number of para-hydroxylation sites is 2. The quantitative estimate of drug-likeness (QED) is 0.693. The zero-order valence-electron chi connectivity index (χ0n) is 13.8. The highest BCUT2D eigenvalue weighted by Crippen LogP contribution is 2.13. The molecule has 8 heteroatoms. The van der Waals surface area contributed by atoms with Crippen molar-refractivity contribution >= 4 is 40.3 Å². The van der Waals surface area contributed by atoms with E-state index in [2.05, 4.69) is 20.3 Å². The van der Waals surface area contributed by atoms with Crippen molar-refractivity contribution in [3.63, 3.8) is 0 Å². The number of esters is 1. The number of carbonyl (C=O) groups excluding carboxylic acids is 2. The van der Waals surface area contributed by atoms with Gasteiger partial charge in [-0.05, 0) is 30.7 Å². The number of amides is 1. The summed E-state index contributed by atoms with van der Waals surface area (Å²) in [6.07, 6.45) is 2.06. The van der Waals surface area contributed by atoms with Crippen LogP contribution in [0, 0.1) is 0 Å². The van der Waals surface area contributed by atoms with E-state index in [1.54, 1.807) is 37.3 Å². The molecule has 1 amide bonds. The van der Waals surface area contributed by atoms with Crippen molar-refractivity contribution in [3.8, 4) is 0 Å². The minimum atomic E-state index is -0.978. The van der Waals surface area contributed by atoms with E-state index in [-0.39, 0.29) is 5.69 Å². The lowest BCUT2D eigenvalue weighted by atomic mass is 10.2. The minimum absolute atomic E-state index is 0.0413. The van der Waals surface area contributed by atoms with Gasteiger partial charge in [-0.15, -0.1) is 0 Å². The molecule has 132 valence electrons. The van der Waals surface area contributed by atoms with Crippen molar-refractivity contribution in [1.82, 2.24) is 15.0 Å². The smallest absolute Gasteiger partial charge is 0.359 e. The van der Waals surface area contributed by atoms with Crippen molar-refractivity contribution in [2.45, 2.75) is 19.4 Å². The predicted octanol–water partition coefficient (Wildman–Crippen LogP) is 3.25. The number of fused-ring (bicyclic) bond motifs is 1. The molecule has 0 aliphatic heterocycles. The summed E-state index contributed by atoms with van der Waals surface area (Å²) in [4.78, 5) is 37.0. The molecule has 1 N–H and O–H groups in total. The monoisotopic (exact) mass is 370 g/mol. The average molecular weight is 371 g/mol. The molecule has 0 spiro atoms. The Morgan fingerprint density at radius 2 is 1.88 bits per heavy atom. The van der Waals surface area contributed by atoms with Gasteiger partial charge in [-0.25, -0.2) is 14.8 Å². The third-order valence-corrected chi connectivity index (χ3v) is 3.77. The lowest BCUT2D eigenvalue weighted by Crippen LogP contribution is -2.32. The van der Waals surface area contributed by atoms with Crippen LogP contribution < -0.4 is 5.32 Å². The number of benzene rings is 1. The van der Waals surface area contributed by atoms with Gasteiger partial charge < -0.3 is 10.1 Å². The summed E-state index contributed by atoms with van der Waals surface area (Å²) in [5.41, 5.74) is 1.28. The first-order chi connectivity index (χ1) is 12.6. The maximum Gasteiger partial charge on any atom is 0.359 e. The Labute approximate surface area is 154 Å². The minimum Gasteiger partial charge on any atom is -0.447 e. The van der Waals surface area contributed by atoms with E-state index in [9.17, 15) is 9.59 Å². The van der Waals surface area contributed by atoms with E-state index < -0.39 is 18.0 Å². The Bertz CT molecular complexity index is 947. The standard InChI is InChI=1S/C18H15ClN4O3/c1-2-15(17(24)23-16-8-7-11(19)9-21-16)26-18(25)14-10-20-12-5-3-4-6-13(12)22-14/h3-10,15H,2H2,1H3,(H,21,23,24). The molecule has 0 saturated carbocycles. The molecular weight excluding hydrogens is 356 g/mol. The molecule has 0 radical (unpaired) electrons. The molecule has 2 aromatic heterocycles. The lowest BCUT2D eigenvalue weighted by Gasteiger charge is -2.15. The van der Waals surface area contributed by atoms with Gasteiger partial charge in [0.25, 0.3) is 5.91 Å². The highest BCUT2D eigenvalue weighted by Gasteiger charge is 2.23. The fraction of sp³-hybridized carbons (Fsp3) is 0.167. The maximum atomic E-state index is 12.3. The molecule has 3 rings (SSSR count). The average Bonchev–Trinajstić information content (AvgIpc) is 2.67. The SMILES string of the molecule is CCC(OC(=O)c1cnc2ccccc2n1)C(=O)Nc1ccc(Cl)cn1. The largest absolute Gasteiger partial charge is 0.447 e. The molecule has 0 aliphatic rings. The van der Waals surface area contributed by atoms with Crippen molar-refractivity contribution in [2.75, 3.05) is 5.32 Å². The number of pyridine rings is 1. The highest BCUT2D eigenvalue weighted by molar-refractivity contribution is 6.30. The summed E-state index contributed by atoms with van der Waals surface area (Å²) < 4.78 is 5.29. The molecule has 0 saturated heterocycles. The van der Waals surface area contributed by atoms with Crippen LogP contribution in [0.2, 0.25) is 5.02 Å². The van der Waals surface area contributed by atoms with E-state index in [0.717, 1.165) is 0 Å². The molecule has 1 aromatic carbocycles. The summed E-state index contributed by atoms with van der Waals surface area (Å²) in [6, 6.07) is 10.3. The molecule has 1 atom stereocenters. The van der Waals surface area contributed by atoms with Gasteiger partial charge in [0.1, 0.15) is 5.82 Å². The summed E-state index contributed by atoms with van der Waals surface area (Å²) in [5.74, 6) is -0.877.